The van der Waals surface area contributed by atoms with Gasteiger partial charge in [-0.25, -0.2) is 14.4 Å². The summed E-state index contributed by atoms with van der Waals surface area (Å²) in [7, 11) is 0. The van der Waals surface area contributed by atoms with Crippen molar-refractivity contribution in [1.29, 1.82) is 0 Å². The van der Waals surface area contributed by atoms with E-state index in [1.54, 1.807) is 11.3 Å². The summed E-state index contributed by atoms with van der Waals surface area (Å²) in [4.78, 5) is 13.8. The SMILES string of the molecule is CCN(c1ccccc1)c1nc(C)nc2sc(C)c(-c3ccc(F)cc3)c12. The van der Waals surface area contributed by atoms with Gasteiger partial charge in [-0.3, -0.25) is 0 Å². The maximum absolute atomic E-state index is 13.4. The first kappa shape index (κ1) is 17.6. The number of hydrogen-bond acceptors (Lipinski definition) is 4. The van der Waals surface area contributed by atoms with E-state index < -0.39 is 0 Å². The Morgan fingerprint density at radius 2 is 1.67 bits per heavy atom. The molecule has 0 saturated heterocycles. The van der Waals surface area contributed by atoms with Gasteiger partial charge in [0.1, 0.15) is 22.3 Å². The second-order valence-corrected chi connectivity index (χ2v) is 7.60. The molecule has 0 bridgehead atoms. The number of anilines is 2. The zero-order valence-corrected chi connectivity index (χ0v) is 16.3. The van der Waals surface area contributed by atoms with Crippen molar-refractivity contribution in [3.63, 3.8) is 0 Å². The molecule has 2 aromatic carbocycles. The number of benzene rings is 2. The highest BCUT2D eigenvalue weighted by Crippen LogP contribution is 2.43. The lowest BCUT2D eigenvalue weighted by molar-refractivity contribution is 0.628. The fourth-order valence-corrected chi connectivity index (χ4v) is 4.50. The number of halogens is 1. The third kappa shape index (κ3) is 3.19. The van der Waals surface area contributed by atoms with E-state index in [9.17, 15) is 4.39 Å². The highest BCUT2D eigenvalue weighted by molar-refractivity contribution is 7.19. The van der Waals surface area contributed by atoms with Gasteiger partial charge < -0.3 is 4.90 Å². The monoisotopic (exact) mass is 377 g/mol. The molecule has 4 rings (SSSR count). The van der Waals surface area contributed by atoms with Crippen molar-refractivity contribution in [2.75, 3.05) is 11.4 Å². The fourth-order valence-electron chi connectivity index (χ4n) is 3.42. The number of para-hydroxylation sites is 1. The van der Waals surface area contributed by atoms with Crippen LogP contribution in [0.2, 0.25) is 0 Å². The van der Waals surface area contributed by atoms with E-state index in [-0.39, 0.29) is 5.82 Å². The lowest BCUT2D eigenvalue weighted by atomic mass is 10.0. The number of hydrogen-bond donors (Lipinski definition) is 0. The van der Waals surface area contributed by atoms with E-state index in [4.69, 9.17) is 4.98 Å². The Bertz CT molecular complexity index is 1090. The molecular weight excluding hydrogens is 357 g/mol. The van der Waals surface area contributed by atoms with E-state index in [1.807, 2.05) is 37.3 Å². The van der Waals surface area contributed by atoms with Crippen LogP contribution in [0.4, 0.5) is 15.9 Å². The molecule has 0 aliphatic rings. The van der Waals surface area contributed by atoms with E-state index in [0.29, 0.717) is 0 Å². The zero-order chi connectivity index (χ0) is 19.0. The van der Waals surface area contributed by atoms with E-state index in [1.165, 1.54) is 12.1 Å². The second-order valence-electron chi connectivity index (χ2n) is 6.39. The Labute approximate surface area is 162 Å². The molecule has 0 spiro atoms. The molecule has 0 aliphatic heterocycles. The van der Waals surface area contributed by atoms with Gasteiger partial charge in [-0.1, -0.05) is 30.3 Å². The largest absolute Gasteiger partial charge is 0.326 e. The molecule has 2 heterocycles. The van der Waals surface area contributed by atoms with E-state index in [0.717, 1.165) is 50.1 Å². The lowest BCUT2D eigenvalue weighted by Gasteiger charge is -2.23. The predicted molar refractivity (Wildman–Crippen MR) is 111 cm³/mol. The van der Waals surface area contributed by atoms with Crippen molar-refractivity contribution >= 4 is 33.1 Å². The van der Waals surface area contributed by atoms with Crippen molar-refractivity contribution in [2.24, 2.45) is 0 Å². The fraction of sp³-hybridized carbons (Fsp3) is 0.182. The number of rotatable bonds is 4. The number of fused-ring (bicyclic) bond motifs is 1. The van der Waals surface area contributed by atoms with E-state index in [2.05, 4.69) is 35.9 Å². The van der Waals surface area contributed by atoms with Crippen LogP contribution in [0, 0.1) is 19.7 Å². The van der Waals surface area contributed by atoms with Gasteiger partial charge in [-0.2, -0.15) is 0 Å². The van der Waals surface area contributed by atoms with Crippen LogP contribution in [0.5, 0.6) is 0 Å². The molecule has 0 radical (unpaired) electrons. The van der Waals surface area contributed by atoms with Crippen LogP contribution >= 0.6 is 11.3 Å². The van der Waals surface area contributed by atoms with Crippen molar-refractivity contribution in [2.45, 2.75) is 20.8 Å². The molecule has 0 atom stereocenters. The molecule has 0 amide bonds. The van der Waals surface area contributed by atoms with Crippen LogP contribution in [-0.4, -0.2) is 16.5 Å². The van der Waals surface area contributed by atoms with Crippen LogP contribution in [0.1, 0.15) is 17.6 Å². The van der Waals surface area contributed by atoms with Gasteiger partial charge in [0.2, 0.25) is 0 Å². The quantitative estimate of drug-likeness (QED) is 0.419. The average Bonchev–Trinajstić information content (AvgIpc) is 2.99. The normalized spacial score (nSPS) is 11.1. The van der Waals surface area contributed by atoms with Gasteiger partial charge in [0.05, 0.1) is 5.39 Å². The average molecular weight is 377 g/mol. The van der Waals surface area contributed by atoms with Crippen LogP contribution < -0.4 is 4.90 Å². The van der Waals surface area contributed by atoms with Crippen LogP contribution in [0.15, 0.2) is 54.6 Å². The maximum Gasteiger partial charge on any atom is 0.146 e. The lowest BCUT2D eigenvalue weighted by Crippen LogP contribution is -2.18. The molecule has 0 unspecified atom stereocenters. The third-order valence-electron chi connectivity index (χ3n) is 4.59. The summed E-state index contributed by atoms with van der Waals surface area (Å²) in [6.45, 7) is 6.91. The molecular formula is C22H20FN3S. The molecule has 3 nitrogen and oxygen atoms in total. The predicted octanol–water partition coefficient (Wildman–Crippen LogP) is 6.27. The number of aryl methyl sites for hydroxylation is 2. The summed E-state index contributed by atoms with van der Waals surface area (Å²) in [5.74, 6) is 1.41. The Kier molecular flexibility index (Phi) is 4.62. The van der Waals surface area contributed by atoms with Gasteiger partial charge in [0, 0.05) is 22.7 Å². The number of aromatic nitrogens is 2. The summed E-state index contributed by atoms with van der Waals surface area (Å²) in [6, 6.07) is 16.9. The molecule has 0 fully saturated rings. The number of nitrogens with zero attached hydrogens (tertiary/aromatic N) is 3. The van der Waals surface area contributed by atoms with Crippen molar-refractivity contribution in [3.05, 3.63) is 71.1 Å². The Balaban J connectivity index is 2.01. The summed E-state index contributed by atoms with van der Waals surface area (Å²) in [5.41, 5.74) is 3.16. The number of thiophene rings is 1. The minimum absolute atomic E-state index is 0.234. The summed E-state index contributed by atoms with van der Waals surface area (Å²) in [6.07, 6.45) is 0. The third-order valence-corrected chi connectivity index (χ3v) is 5.59. The van der Waals surface area contributed by atoms with Gasteiger partial charge >= 0.3 is 0 Å². The Hall–Kier alpha value is -2.79. The first-order chi connectivity index (χ1) is 13.1. The summed E-state index contributed by atoms with van der Waals surface area (Å²) < 4.78 is 13.4. The minimum Gasteiger partial charge on any atom is -0.326 e. The van der Waals surface area contributed by atoms with Gasteiger partial charge in [-0.05, 0) is 50.6 Å². The van der Waals surface area contributed by atoms with Crippen molar-refractivity contribution in [3.8, 4) is 11.1 Å². The first-order valence-corrected chi connectivity index (χ1v) is 9.76. The standard InChI is InChI=1S/C22H20FN3S/c1-4-26(18-8-6-5-7-9-18)21-20-19(16-10-12-17(23)13-11-16)14(2)27-22(20)25-15(3)24-21/h5-13H,4H2,1-3H3. The van der Waals surface area contributed by atoms with Crippen LogP contribution in [0.25, 0.3) is 21.3 Å². The highest BCUT2D eigenvalue weighted by Gasteiger charge is 2.21. The second kappa shape index (κ2) is 7.08. The molecule has 5 heteroatoms. The Morgan fingerprint density at radius 3 is 2.33 bits per heavy atom. The minimum atomic E-state index is -0.234. The van der Waals surface area contributed by atoms with Gasteiger partial charge in [0.15, 0.2) is 0 Å². The highest BCUT2D eigenvalue weighted by atomic mass is 32.1. The molecule has 2 aromatic heterocycles. The van der Waals surface area contributed by atoms with Gasteiger partial charge in [-0.15, -0.1) is 11.3 Å². The van der Waals surface area contributed by atoms with E-state index >= 15 is 0 Å². The summed E-state index contributed by atoms with van der Waals surface area (Å²) >= 11 is 1.66. The molecule has 0 aliphatic carbocycles. The topological polar surface area (TPSA) is 29.0 Å². The van der Waals surface area contributed by atoms with Crippen molar-refractivity contribution in [1.82, 2.24) is 9.97 Å². The smallest absolute Gasteiger partial charge is 0.146 e. The molecule has 136 valence electrons. The van der Waals surface area contributed by atoms with Crippen molar-refractivity contribution < 1.29 is 4.39 Å². The van der Waals surface area contributed by atoms with Crippen LogP contribution in [-0.2, 0) is 0 Å². The molecule has 0 N–H and O–H groups in total. The molecule has 4 aromatic rings. The summed E-state index contributed by atoms with van der Waals surface area (Å²) in [5, 5.41) is 1.03. The molecule has 0 saturated carbocycles. The molecule has 27 heavy (non-hydrogen) atoms. The van der Waals surface area contributed by atoms with Gasteiger partial charge in [0.25, 0.3) is 0 Å². The Morgan fingerprint density at radius 1 is 0.963 bits per heavy atom. The maximum atomic E-state index is 13.4. The van der Waals surface area contributed by atoms with Crippen LogP contribution in [0.3, 0.4) is 0 Å². The zero-order valence-electron chi connectivity index (χ0n) is 15.5. The first-order valence-electron chi connectivity index (χ1n) is 8.94.